The standard InChI is InChI=1S/C17H17F9N2O2S/c1-2-3-7-4-5-8-9(6-7)31-12(10(8)11(27)29)28-13(30)14(18,19)15(20,21)16(22,23)17(24,25)26/h7H,2-6H2,1H3,(H2,27,29)(H,28,30). The lowest BCUT2D eigenvalue weighted by Gasteiger charge is -2.32. The molecule has 0 aliphatic heterocycles. The van der Waals surface area contributed by atoms with Crippen LogP contribution in [0.25, 0.3) is 0 Å². The minimum absolute atomic E-state index is 0.164. The van der Waals surface area contributed by atoms with E-state index in [1.165, 1.54) is 5.32 Å². The number of carbonyl (C=O) groups excluding carboxylic acids is 2. The molecule has 1 aliphatic rings. The molecule has 1 aliphatic carbocycles. The topological polar surface area (TPSA) is 72.2 Å². The lowest BCUT2D eigenvalue weighted by Crippen LogP contribution is -2.64. The molecule has 0 saturated carbocycles. The Morgan fingerprint density at radius 1 is 1.06 bits per heavy atom. The maximum Gasteiger partial charge on any atom is 0.460 e. The number of fused-ring (bicyclic) bond motifs is 1. The number of primary amides is 1. The smallest absolute Gasteiger partial charge is 0.365 e. The van der Waals surface area contributed by atoms with Gasteiger partial charge in [-0.1, -0.05) is 19.8 Å². The summed E-state index contributed by atoms with van der Waals surface area (Å²) in [6.45, 7) is 1.92. The molecule has 2 rings (SSSR count). The normalized spacial score (nSPS) is 17.9. The van der Waals surface area contributed by atoms with Crippen LogP contribution in [-0.4, -0.2) is 35.8 Å². The molecule has 3 N–H and O–H groups in total. The van der Waals surface area contributed by atoms with E-state index in [9.17, 15) is 49.1 Å². The van der Waals surface area contributed by atoms with E-state index in [2.05, 4.69) is 0 Å². The van der Waals surface area contributed by atoms with Crippen LogP contribution in [0.15, 0.2) is 0 Å². The van der Waals surface area contributed by atoms with Gasteiger partial charge in [0.1, 0.15) is 5.00 Å². The van der Waals surface area contributed by atoms with Crippen LogP contribution in [0.2, 0.25) is 0 Å². The summed E-state index contributed by atoms with van der Waals surface area (Å²) >= 11 is 0.567. The van der Waals surface area contributed by atoms with Crippen molar-refractivity contribution in [3.8, 4) is 0 Å². The van der Waals surface area contributed by atoms with Gasteiger partial charge in [0.2, 0.25) is 0 Å². The highest BCUT2D eigenvalue weighted by molar-refractivity contribution is 7.17. The quantitative estimate of drug-likeness (QED) is 0.525. The molecule has 0 aromatic carbocycles. The van der Waals surface area contributed by atoms with E-state index in [1.54, 1.807) is 0 Å². The minimum atomic E-state index is -7.20. The zero-order valence-corrected chi connectivity index (χ0v) is 16.6. The Hall–Kier alpha value is -1.99. The van der Waals surface area contributed by atoms with E-state index in [0.29, 0.717) is 34.6 Å². The first-order valence-corrected chi connectivity index (χ1v) is 9.76. The third-order valence-electron chi connectivity index (χ3n) is 4.97. The number of amides is 2. The molecule has 1 aromatic rings. The molecule has 0 fully saturated rings. The van der Waals surface area contributed by atoms with Gasteiger partial charge in [-0.3, -0.25) is 9.59 Å². The molecule has 14 heteroatoms. The molecule has 4 nitrogen and oxygen atoms in total. The van der Waals surface area contributed by atoms with Crippen LogP contribution in [0, 0.1) is 5.92 Å². The highest BCUT2D eigenvalue weighted by Gasteiger charge is 2.83. The van der Waals surface area contributed by atoms with E-state index < -0.39 is 46.3 Å². The van der Waals surface area contributed by atoms with Gasteiger partial charge in [-0.2, -0.15) is 39.5 Å². The average molecular weight is 484 g/mol. The van der Waals surface area contributed by atoms with Crippen molar-refractivity contribution in [3.05, 3.63) is 16.0 Å². The largest absolute Gasteiger partial charge is 0.460 e. The number of alkyl halides is 9. The van der Waals surface area contributed by atoms with Gasteiger partial charge >= 0.3 is 29.9 Å². The summed E-state index contributed by atoms with van der Waals surface area (Å²) < 4.78 is 117. The Morgan fingerprint density at radius 3 is 2.13 bits per heavy atom. The lowest BCUT2D eigenvalue weighted by atomic mass is 9.84. The molecular weight excluding hydrogens is 467 g/mol. The van der Waals surface area contributed by atoms with E-state index in [0.717, 1.165) is 12.8 Å². The number of rotatable bonds is 7. The van der Waals surface area contributed by atoms with Crippen molar-refractivity contribution < 1.29 is 49.1 Å². The van der Waals surface area contributed by atoms with Crippen LogP contribution >= 0.6 is 11.3 Å². The van der Waals surface area contributed by atoms with E-state index in [1.807, 2.05) is 6.92 Å². The highest BCUT2D eigenvalue weighted by atomic mass is 32.1. The predicted octanol–water partition coefficient (Wildman–Crippen LogP) is 5.16. The van der Waals surface area contributed by atoms with E-state index in [-0.39, 0.29) is 12.3 Å². The molecule has 1 heterocycles. The Morgan fingerprint density at radius 2 is 1.65 bits per heavy atom. The number of nitrogens with two attached hydrogens (primary N) is 1. The molecule has 2 amide bonds. The van der Waals surface area contributed by atoms with Gasteiger partial charge < -0.3 is 11.1 Å². The fourth-order valence-electron chi connectivity index (χ4n) is 3.36. The zero-order valence-electron chi connectivity index (χ0n) is 15.8. The summed E-state index contributed by atoms with van der Waals surface area (Å²) in [7, 11) is 0. The summed E-state index contributed by atoms with van der Waals surface area (Å²) in [4.78, 5) is 23.9. The first-order valence-electron chi connectivity index (χ1n) is 8.94. The van der Waals surface area contributed by atoms with E-state index in [4.69, 9.17) is 5.73 Å². The maximum absolute atomic E-state index is 13.8. The molecule has 176 valence electrons. The van der Waals surface area contributed by atoms with Gasteiger partial charge in [0, 0.05) is 4.88 Å². The molecule has 1 aromatic heterocycles. The van der Waals surface area contributed by atoms with Crippen molar-refractivity contribution in [1.29, 1.82) is 0 Å². The Kier molecular flexibility index (Phi) is 6.66. The van der Waals surface area contributed by atoms with Gasteiger partial charge in [-0.15, -0.1) is 11.3 Å². The summed E-state index contributed by atoms with van der Waals surface area (Å²) in [5, 5.41) is 0.511. The molecule has 1 unspecified atom stereocenters. The Balaban J connectivity index is 2.40. The third-order valence-corrected chi connectivity index (χ3v) is 6.14. The number of carbonyl (C=O) groups is 2. The van der Waals surface area contributed by atoms with Crippen LogP contribution < -0.4 is 11.1 Å². The van der Waals surface area contributed by atoms with Crippen molar-refractivity contribution in [3.63, 3.8) is 0 Å². The van der Waals surface area contributed by atoms with Gasteiger partial charge in [0.15, 0.2) is 0 Å². The maximum atomic E-state index is 13.8. The number of anilines is 1. The number of halogens is 9. The summed E-state index contributed by atoms with van der Waals surface area (Å²) in [5.74, 6) is -24.9. The van der Waals surface area contributed by atoms with E-state index >= 15 is 0 Å². The first-order chi connectivity index (χ1) is 14.0. The molecule has 0 bridgehead atoms. The summed E-state index contributed by atoms with van der Waals surface area (Å²) in [6.07, 6.45) is -4.19. The van der Waals surface area contributed by atoms with Crippen LogP contribution in [-0.2, 0) is 17.6 Å². The van der Waals surface area contributed by atoms with Gasteiger partial charge in [0.05, 0.1) is 5.56 Å². The zero-order chi connectivity index (χ0) is 24.0. The second-order valence-corrected chi connectivity index (χ2v) is 8.25. The first kappa shape index (κ1) is 25.3. The predicted molar refractivity (Wildman–Crippen MR) is 92.8 cm³/mol. The average Bonchev–Trinajstić information content (AvgIpc) is 2.97. The summed E-state index contributed by atoms with van der Waals surface area (Å²) in [5.41, 5.74) is 5.03. The SMILES string of the molecule is CCCC1CCc2c(sc(NC(=O)C(F)(F)C(F)(F)C(F)(F)C(F)(F)F)c2C(N)=O)C1. The van der Waals surface area contributed by atoms with Crippen LogP contribution in [0.1, 0.15) is 47.0 Å². The van der Waals surface area contributed by atoms with Crippen LogP contribution in [0.3, 0.4) is 0 Å². The van der Waals surface area contributed by atoms with Crippen molar-refractivity contribution >= 4 is 28.2 Å². The van der Waals surface area contributed by atoms with Crippen molar-refractivity contribution in [2.75, 3.05) is 5.32 Å². The number of thiophene rings is 1. The molecular formula is C17H17F9N2O2S. The van der Waals surface area contributed by atoms with Crippen LogP contribution in [0.5, 0.6) is 0 Å². The molecule has 0 radical (unpaired) electrons. The Bertz CT molecular complexity index is 865. The third kappa shape index (κ3) is 4.22. The van der Waals surface area contributed by atoms with Crippen LogP contribution in [0.4, 0.5) is 44.5 Å². The Labute approximate surface area is 174 Å². The monoisotopic (exact) mass is 484 g/mol. The number of hydrogen-bond donors (Lipinski definition) is 2. The minimum Gasteiger partial charge on any atom is -0.365 e. The van der Waals surface area contributed by atoms with Crippen molar-refractivity contribution in [2.24, 2.45) is 11.7 Å². The van der Waals surface area contributed by atoms with Gasteiger partial charge in [-0.25, -0.2) is 0 Å². The molecule has 31 heavy (non-hydrogen) atoms. The lowest BCUT2D eigenvalue weighted by molar-refractivity contribution is -0.388. The summed E-state index contributed by atoms with van der Waals surface area (Å²) in [6, 6.07) is 0. The molecule has 0 saturated heterocycles. The van der Waals surface area contributed by atoms with Gasteiger partial charge in [0.25, 0.3) is 5.91 Å². The fourth-order valence-corrected chi connectivity index (χ4v) is 4.72. The molecule has 1 atom stereocenters. The van der Waals surface area contributed by atoms with Gasteiger partial charge in [-0.05, 0) is 30.7 Å². The second kappa shape index (κ2) is 8.17. The highest BCUT2D eigenvalue weighted by Crippen LogP contribution is 2.53. The second-order valence-electron chi connectivity index (χ2n) is 7.14. The van der Waals surface area contributed by atoms with Crippen molar-refractivity contribution in [1.82, 2.24) is 0 Å². The molecule has 0 spiro atoms. The fraction of sp³-hybridized carbons (Fsp3) is 0.647. The number of nitrogens with one attached hydrogen (secondary N) is 1. The number of hydrogen-bond acceptors (Lipinski definition) is 3. The van der Waals surface area contributed by atoms with Crippen molar-refractivity contribution in [2.45, 2.75) is 63.0 Å².